The highest BCUT2D eigenvalue weighted by molar-refractivity contribution is 9.10. The molecule has 0 saturated carbocycles. The molecule has 20 heavy (non-hydrogen) atoms. The van der Waals surface area contributed by atoms with E-state index in [0.29, 0.717) is 11.3 Å². The zero-order valence-electron chi connectivity index (χ0n) is 11.0. The van der Waals surface area contributed by atoms with Gasteiger partial charge in [-0.2, -0.15) is 0 Å². The number of ether oxygens (including phenoxy) is 1. The van der Waals surface area contributed by atoms with E-state index in [2.05, 4.69) is 21.2 Å². The van der Waals surface area contributed by atoms with Gasteiger partial charge in [-0.15, -0.1) is 0 Å². The summed E-state index contributed by atoms with van der Waals surface area (Å²) in [4.78, 5) is 12.1. The van der Waals surface area contributed by atoms with E-state index in [1.807, 2.05) is 19.1 Å². The molecule has 0 aliphatic carbocycles. The van der Waals surface area contributed by atoms with E-state index in [0.717, 1.165) is 10.0 Å². The summed E-state index contributed by atoms with van der Waals surface area (Å²) in [6.07, 6.45) is 0. The Morgan fingerprint density at radius 3 is 2.65 bits per heavy atom. The molecule has 1 N–H and O–H groups in total. The first kappa shape index (κ1) is 14.5. The summed E-state index contributed by atoms with van der Waals surface area (Å²) < 4.78 is 19.1. The molecule has 0 saturated heterocycles. The van der Waals surface area contributed by atoms with Crippen molar-refractivity contribution in [2.75, 3.05) is 12.4 Å². The molecule has 0 aliphatic rings. The quantitative estimate of drug-likeness (QED) is 0.913. The molecule has 0 atom stereocenters. The molecular weight excluding hydrogens is 325 g/mol. The van der Waals surface area contributed by atoms with E-state index in [9.17, 15) is 9.18 Å². The van der Waals surface area contributed by atoms with Crippen molar-refractivity contribution in [1.82, 2.24) is 0 Å². The number of halogens is 2. The molecule has 0 aromatic heterocycles. The largest absolute Gasteiger partial charge is 0.494 e. The standard InChI is InChI=1S/C15H13BrFNO2/c1-9-7-11(16)4-6-13(9)18-15(19)10-3-5-12(17)14(8-10)20-2/h3-8H,1-2H3,(H,18,19). The van der Waals surface area contributed by atoms with Crippen molar-refractivity contribution in [3.8, 4) is 5.75 Å². The Bertz CT molecular complexity index is 658. The smallest absolute Gasteiger partial charge is 0.255 e. The van der Waals surface area contributed by atoms with Crippen LogP contribution < -0.4 is 10.1 Å². The minimum Gasteiger partial charge on any atom is -0.494 e. The molecule has 0 unspecified atom stereocenters. The third kappa shape index (κ3) is 3.17. The summed E-state index contributed by atoms with van der Waals surface area (Å²) in [5.74, 6) is -0.761. The molecule has 0 aliphatic heterocycles. The van der Waals surface area contributed by atoms with Crippen LogP contribution in [0.5, 0.6) is 5.75 Å². The highest BCUT2D eigenvalue weighted by Crippen LogP contribution is 2.22. The van der Waals surface area contributed by atoms with Crippen LogP contribution in [-0.4, -0.2) is 13.0 Å². The topological polar surface area (TPSA) is 38.3 Å². The van der Waals surface area contributed by atoms with Crippen molar-refractivity contribution in [2.24, 2.45) is 0 Å². The van der Waals surface area contributed by atoms with Crippen molar-refractivity contribution in [2.45, 2.75) is 6.92 Å². The van der Waals surface area contributed by atoms with Gasteiger partial charge in [0.25, 0.3) is 5.91 Å². The van der Waals surface area contributed by atoms with Gasteiger partial charge in [0.1, 0.15) is 0 Å². The minimum atomic E-state index is -0.496. The lowest BCUT2D eigenvalue weighted by molar-refractivity contribution is 0.102. The van der Waals surface area contributed by atoms with Crippen molar-refractivity contribution < 1.29 is 13.9 Å². The van der Waals surface area contributed by atoms with Gasteiger partial charge in [0, 0.05) is 15.7 Å². The number of methoxy groups -OCH3 is 1. The van der Waals surface area contributed by atoms with Gasteiger partial charge in [-0.25, -0.2) is 4.39 Å². The second-order valence-corrected chi connectivity index (χ2v) is 5.18. The number of nitrogens with one attached hydrogen (secondary N) is 1. The number of anilines is 1. The second-order valence-electron chi connectivity index (χ2n) is 4.26. The van der Waals surface area contributed by atoms with E-state index in [-0.39, 0.29) is 11.7 Å². The SMILES string of the molecule is COc1cc(C(=O)Nc2ccc(Br)cc2C)ccc1F. The van der Waals surface area contributed by atoms with E-state index >= 15 is 0 Å². The first-order valence-electron chi connectivity index (χ1n) is 5.92. The second kappa shape index (κ2) is 6.05. The molecule has 2 aromatic rings. The van der Waals surface area contributed by atoms with Gasteiger partial charge in [-0.05, 0) is 48.9 Å². The molecule has 2 aromatic carbocycles. The van der Waals surface area contributed by atoms with Crippen LogP contribution in [0.1, 0.15) is 15.9 Å². The number of rotatable bonds is 3. The summed E-state index contributed by atoms with van der Waals surface area (Å²) in [5.41, 5.74) is 1.98. The van der Waals surface area contributed by atoms with Crippen molar-refractivity contribution in [3.05, 3.63) is 57.8 Å². The summed E-state index contributed by atoms with van der Waals surface area (Å²) in [7, 11) is 1.36. The van der Waals surface area contributed by atoms with E-state index < -0.39 is 5.82 Å². The van der Waals surface area contributed by atoms with E-state index in [1.165, 1.54) is 25.3 Å². The molecule has 2 rings (SSSR count). The maximum Gasteiger partial charge on any atom is 0.255 e. The summed E-state index contributed by atoms with van der Waals surface area (Å²) in [6, 6.07) is 9.55. The lowest BCUT2D eigenvalue weighted by Crippen LogP contribution is -2.13. The Labute approximate surface area is 124 Å². The van der Waals surface area contributed by atoms with Crippen LogP contribution in [-0.2, 0) is 0 Å². The van der Waals surface area contributed by atoms with Gasteiger partial charge in [0.05, 0.1) is 7.11 Å². The van der Waals surface area contributed by atoms with Crippen LogP contribution in [0.2, 0.25) is 0 Å². The third-order valence-corrected chi connectivity index (χ3v) is 3.34. The molecule has 0 fully saturated rings. The molecular formula is C15H13BrFNO2. The van der Waals surface area contributed by atoms with E-state index in [1.54, 1.807) is 6.07 Å². The average molecular weight is 338 g/mol. The van der Waals surface area contributed by atoms with Gasteiger partial charge in [-0.1, -0.05) is 15.9 Å². The zero-order valence-corrected chi connectivity index (χ0v) is 12.6. The molecule has 5 heteroatoms. The van der Waals surface area contributed by atoms with E-state index in [4.69, 9.17) is 4.74 Å². The third-order valence-electron chi connectivity index (χ3n) is 2.85. The van der Waals surface area contributed by atoms with Crippen LogP contribution in [0.3, 0.4) is 0 Å². The van der Waals surface area contributed by atoms with Crippen LogP contribution in [0.15, 0.2) is 40.9 Å². The maximum absolute atomic E-state index is 13.3. The van der Waals surface area contributed by atoms with Gasteiger partial charge in [0.2, 0.25) is 0 Å². The van der Waals surface area contributed by atoms with Crippen LogP contribution in [0.25, 0.3) is 0 Å². The number of aryl methyl sites for hydroxylation is 1. The van der Waals surface area contributed by atoms with Crippen molar-refractivity contribution in [3.63, 3.8) is 0 Å². The van der Waals surface area contributed by atoms with Crippen molar-refractivity contribution in [1.29, 1.82) is 0 Å². The fourth-order valence-corrected chi connectivity index (χ4v) is 2.24. The highest BCUT2D eigenvalue weighted by atomic mass is 79.9. The lowest BCUT2D eigenvalue weighted by atomic mass is 10.1. The predicted octanol–water partition coefficient (Wildman–Crippen LogP) is 4.16. The number of amides is 1. The number of hydrogen-bond acceptors (Lipinski definition) is 2. The Morgan fingerprint density at radius 1 is 1.25 bits per heavy atom. The normalized spacial score (nSPS) is 10.2. The molecule has 3 nitrogen and oxygen atoms in total. The first-order valence-corrected chi connectivity index (χ1v) is 6.71. The first-order chi connectivity index (χ1) is 9.51. The molecule has 1 amide bonds. The summed E-state index contributed by atoms with van der Waals surface area (Å²) in [5, 5.41) is 2.79. The van der Waals surface area contributed by atoms with Gasteiger partial charge in [0.15, 0.2) is 11.6 Å². The Balaban J connectivity index is 2.24. The molecule has 0 radical (unpaired) electrons. The number of carbonyl (C=O) groups is 1. The van der Waals surface area contributed by atoms with Gasteiger partial charge >= 0.3 is 0 Å². The molecule has 0 spiro atoms. The van der Waals surface area contributed by atoms with Crippen LogP contribution in [0, 0.1) is 12.7 Å². The number of benzene rings is 2. The highest BCUT2D eigenvalue weighted by Gasteiger charge is 2.11. The maximum atomic E-state index is 13.3. The van der Waals surface area contributed by atoms with Gasteiger partial charge < -0.3 is 10.1 Å². The Hall–Kier alpha value is -1.88. The van der Waals surface area contributed by atoms with Gasteiger partial charge in [-0.3, -0.25) is 4.79 Å². The molecule has 0 heterocycles. The van der Waals surface area contributed by atoms with Crippen LogP contribution in [0.4, 0.5) is 10.1 Å². The Morgan fingerprint density at radius 2 is 2.00 bits per heavy atom. The van der Waals surface area contributed by atoms with Crippen LogP contribution >= 0.6 is 15.9 Å². The fourth-order valence-electron chi connectivity index (χ4n) is 1.76. The summed E-state index contributed by atoms with van der Waals surface area (Å²) >= 11 is 3.36. The number of hydrogen-bond donors (Lipinski definition) is 1. The predicted molar refractivity (Wildman–Crippen MR) is 79.8 cm³/mol. The fraction of sp³-hybridized carbons (Fsp3) is 0.133. The van der Waals surface area contributed by atoms with Crippen molar-refractivity contribution >= 4 is 27.5 Å². The average Bonchev–Trinajstić information content (AvgIpc) is 2.42. The molecule has 0 bridgehead atoms. The summed E-state index contributed by atoms with van der Waals surface area (Å²) in [6.45, 7) is 1.89. The monoisotopic (exact) mass is 337 g/mol. The molecule has 104 valence electrons. The lowest BCUT2D eigenvalue weighted by Gasteiger charge is -2.10. The number of carbonyl (C=O) groups excluding carboxylic acids is 1. The Kier molecular flexibility index (Phi) is 4.39. The minimum absolute atomic E-state index is 0.0465. The zero-order chi connectivity index (χ0) is 14.7.